The highest BCUT2D eigenvalue weighted by atomic mass is 16.5. The number of carbonyl (C=O) groups is 2. The Balaban J connectivity index is 1.40. The Labute approximate surface area is 152 Å². The maximum Gasteiger partial charge on any atom is 0.325 e. The van der Waals surface area contributed by atoms with Crippen LogP contribution in [0.15, 0.2) is 54.6 Å². The van der Waals surface area contributed by atoms with Crippen molar-refractivity contribution in [1.82, 2.24) is 10.6 Å². The Morgan fingerprint density at radius 3 is 2.65 bits per heavy atom. The van der Waals surface area contributed by atoms with E-state index in [0.29, 0.717) is 0 Å². The highest BCUT2D eigenvalue weighted by molar-refractivity contribution is 5.78. The van der Waals surface area contributed by atoms with Crippen LogP contribution in [0.2, 0.25) is 0 Å². The van der Waals surface area contributed by atoms with Gasteiger partial charge >= 0.3 is 12.0 Å². The second-order valence-electron chi connectivity index (χ2n) is 6.34. The molecule has 0 spiro atoms. The molecule has 0 saturated carbocycles. The summed E-state index contributed by atoms with van der Waals surface area (Å²) in [5, 5.41) is 5.57. The fourth-order valence-corrected chi connectivity index (χ4v) is 3.04. The van der Waals surface area contributed by atoms with E-state index < -0.39 is 12.0 Å². The number of nitrogens with two attached hydrogens (primary N) is 1. The predicted octanol–water partition coefficient (Wildman–Crippen LogP) is 2.04. The topological polar surface area (TPSA) is 93.5 Å². The van der Waals surface area contributed by atoms with Gasteiger partial charge in [0.15, 0.2) is 0 Å². The summed E-state index contributed by atoms with van der Waals surface area (Å²) in [4.78, 5) is 24.0. The molecule has 136 valence electrons. The number of urea groups is 1. The maximum atomic E-state index is 12.1. The zero-order chi connectivity index (χ0) is 18.4. The van der Waals surface area contributed by atoms with Gasteiger partial charge in [-0.1, -0.05) is 54.6 Å². The van der Waals surface area contributed by atoms with E-state index in [4.69, 9.17) is 10.5 Å². The van der Waals surface area contributed by atoms with Crippen LogP contribution >= 0.6 is 0 Å². The first kappa shape index (κ1) is 17.9. The lowest BCUT2D eigenvalue weighted by atomic mass is 10.1. The summed E-state index contributed by atoms with van der Waals surface area (Å²) in [5.74, 6) is -0.541. The van der Waals surface area contributed by atoms with Crippen molar-refractivity contribution in [3.8, 4) is 0 Å². The molecular formula is C20H23N3O3. The van der Waals surface area contributed by atoms with Crippen LogP contribution in [-0.4, -0.2) is 24.6 Å². The van der Waals surface area contributed by atoms with Crippen LogP contribution in [0.4, 0.5) is 4.79 Å². The SMILES string of the molecule is N[C@@H](CNC(=O)N[C@@H]1CCc2ccccc21)C(=O)OCc1ccccc1. The number of esters is 1. The molecule has 6 heteroatoms. The fraction of sp³-hybridized carbons (Fsp3) is 0.300. The minimum Gasteiger partial charge on any atom is -0.460 e. The van der Waals surface area contributed by atoms with Gasteiger partial charge in [-0.15, -0.1) is 0 Å². The van der Waals surface area contributed by atoms with Gasteiger partial charge in [0.1, 0.15) is 12.6 Å². The van der Waals surface area contributed by atoms with E-state index in [-0.39, 0.29) is 25.2 Å². The smallest absolute Gasteiger partial charge is 0.325 e. The molecule has 2 aromatic rings. The minimum atomic E-state index is -0.902. The molecular weight excluding hydrogens is 330 g/mol. The Hall–Kier alpha value is -2.86. The first-order chi connectivity index (χ1) is 12.6. The average Bonchev–Trinajstić information content (AvgIpc) is 3.08. The minimum absolute atomic E-state index is 0.00698. The number of hydrogen-bond donors (Lipinski definition) is 3. The number of nitrogens with one attached hydrogen (secondary N) is 2. The van der Waals surface area contributed by atoms with Crippen LogP contribution in [0.5, 0.6) is 0 Å². The summed E-state index contributed by atoms with van der Waals surface area (Å²) in [7, 11) is 0. The number of rotatable bonds is 6. The van der Waals surface area contributed by atoms with Crippen molar-refractivity contribution >= 4 is 12.0 Å². The molecule has 0 saturated heterocycles. The van der Waals surface area contributed by atoms with Crippen molar-refractivity contribution in [1.29, 1.82) is 0 Å². The molecule has 3 rings (SSSR count). The van der Waals surface area contributed by atoms with Crippen LogP contribution in [-0.2, 0) is 22.6 Å². The van der Waals surface area contributed by atoms with Crippen molar-refractivity contribution in [2.75, 3.05) is 6.54 Å². The third kappa shape index (κ3) is 4.61. The first-order valence-corrected chi connectivity index (χ1v) is 8.72. The quantitative estimate of drug-likeness (QED) is 0.693. The molecule has 26 heavy (non-hydrogen) atoms. The Morgan fingerprint density at radius 1 is 1.12 bits per heavy atom. The van der Waals surface area contributed by atoms with Gasteiger partial charge in [-0.2, -0.15) is 0 Å². The molecule has 0 fully saturated rings. The molecule has 0 aromatic heterocycles. The maximum absolute atomic E-state index is 12.1. The van der Waals surface area contributed by atoms with E-state index in [2.05, 4.69) is 16.7 Å². The molecule has 0 heterocycles. The molecule has 1 aliphatic carbocycles. The average molecular weight is 353 g/mol. The zero-order valence-corrected chi connectivity index (χ0v) is 14.5. The summed E-state index contributed by atoms with van der Waals surface area (Å²) in [6, 6.07) is 16.2. The molecule has 6 nitrogen and oxygen atoms in total. The van der Waals surface area contributed by atoms with Crippen LogP contribution in [0.1, 0.15) is 29.2 Å². The van der Waals surface area contributed by atoms with Gasteiger partial charge in [-0.3, -0.25) is 4.79 Å². The van der Waals surface area contributed by atoms with E-state index in [1.807, 2.05) is 48.5 Å². The molecule has 2 atom stereocenters. The Morgan fingerprint density at radius 2 is 1.85 bits per heavy atom. The number of hydrogen-bond acceptors (Lipinski definition) is 4. The molecule has 0 aliphatic heterocycles. The fourth-order valence-electron chi connectivity index (χ4n) is 3.04. The van der Waals surface area contributed by atoms with Crippen LogP contribution < -0.4 is 16.4 Å². The van der Waals surface area contributed by atoms with E-state index in [0.717, 1.165) is 24.0 Å². The van der Waals surface area contributed by atoms with Gasteiger partial charge in [-0.25, -0.2) is 4.79 Å². The molecule has 0 unspecified atom stereocenters. The highest BCUT2D eigenvalue weighted by Gasteiger charge is 2.24. The number of aryl methyl sites for hydroxylation is 1. The summed E-state index contributed by atoms with van der Waals surface area (Å²) in [6.45, 7) is 0.187. The van der Waals surface area contributed by atoms with Gasteiger partial charge in [0.25, 0.3) is 0 Å². The lowest BCUT2D eigenvalue weighted by Gasteiger charge is -2.16. The molecule has 0 bridgehead atoms. The second-order valence-corrected chi connectivity index (χ2v) is 6.34. The van der Waals surface area contributed by atoms with Crippen LogP contribution in [0.3, 0.4) is 0 Å². The molecule has 0 radical (unpaired) electrons. The van der Waals surface area contributed by atoms with Gasteiger partial charge in [0.2, 0.25) is 0 Å². The highest BCUT2D eigenvalue weighted by Crippen LogP contribution is 2.30. The van der Waals surface area contributed by atoms with E-state index in [1.165, 1.54) is 5.56 Å². The Bertz CT molecular complexity index is 764. The van der Waals surface area contributed by atoms with Gasteiger partial charge in [0, 0.05) is 6.54 Å². The van der Waals surface area contributed by atoms with E-state index >= 15 is 0 Å². The van der Waals surface area contributed by atoms with Crippen LogP contribution in [0, 0.1) is 0 Å². The summed E-state index contributed by atoms with van der Waals surface area (Å²) in [5.41, 5.74) is 9.10. The summed E-state index contributed by atoms with van der Waals surface area (Å²) in [6.07, 6.45) is 1.82. The van der Waals surface area contributed by atoms with E-state index in [1.54, 1.807) is 0 Å². The summed E-state index contributed by atoms with van der Waals surface area (Å²) >= 11 is 0. The molecule has 1 aliphatic rings. The number of carbonyl (C=O) groups excluding carboxylic acids is 2. The summed E-state index contributed by atoms with van der Waals surface area (Å²) < 4.78 is 5.17. The Kier molecular flexibility index (Phi) is 5.86. The monoisotopic (exact) mass is 353 g/mol. The molecule has 4 N–H and O–H groups in total. The lowest BCUT2D eigenvalue weighted by Crippen LogP contribution is -2.47. The largest absolute Gasteiger partial charge is 0.460 e. The predicted molar refractivity (Wildman–Crippen MR) is 98.3 cm³/mol. The van der Waals surface area contributed by atoms with Crippen molar-refractivity contribution in [2.45, 2.75) is 31.5 Å². The van der Waals surface area contributed by atoms with Gasteiger partial charge in [-0.05, 0) is 29.5 Å². The number of fused-ring (bicyclic) bond motifs is 1. The van der Waals surface area contributed by atoms with Crippen molar-refractivity contribution < 1.29 is 14.3 Å². The van der Waals surface area contributed by atoms with Crippen molar-refractivity contribution in [3.05, 3.63) is 71.3 Å². The van der Waals surface area contributed by atoms with Crippen LogP contribution in [0.25, 0.3) is 0 Å². The first-order valence-electron chi connectivity index (χ1n) is 8.72. The number of benzene rings is 2. The van der Waals surface area contributed by atoms with E-state index in [9.17, 15) is 9.59 Å². The molecule has 2 aromatic carbocycles. The van der Waals surface area contributed by atoms with Gasteiger partial charge in [0.05, 0.1) is 6.04 Å². The normalized spacial score (nSPS) is 16.4. The van der Waals surface area contributed by atoms with Gasteiger partial charge < -0.3 is 21.1 Å². The van der Waals surface area contributed by atoms with Crippen molar-refractivity contribution in [3.63, 3.8) is 0 Å². The standard InChI is InChI=1S/C20H23N3O3/c21-17(19(24)26-13-14-6-2-1-3-7-14)12-22-20(25)23-18-11-10-15-8-4-5-9-16(15)18/h1-9,17-18H,10-13,21H2,(H2,22,23,25)/t17-,18+/m0/s1. The second kappa shape index (κ2) is 8.49. The third-order valence-corrected chi connectivity index (χ3v) is 4.45. The number of amides is 2. The van der Waals surface area contributed by atoms with Crippen molar-refractivity contribution in [2.24, 2.45) is 5.73 Å². The third-order valence-electron chi connectivity index (χ3n) is 4.45. The molecule has 2 amide bonds. The zero-order valence-electron chi connectivity index (χ0n) is 14.5. The number of ether oxygens (including phenoxy) is 1. The lowest BCUT2D eigenvalue weighted by molar-refractivity contribution is -0.146.